The Kier molecular flexibility index (Phi) is 5.50. The van der Waals surface area contributed by atoms with Gasteiger partial charge in [-0.15, -0.1) is 0 Å². The van der Waals surface area contributed by atoms with Crippen LogP contribution in [0.25, 0.3) is 0 Å². The van der Waals surface area contributed by atoms with Crippen LogP contribution in [0.15, 0.2) is 0 Å². The molecule has 0 bridgehead atoms. The first-order valence-corrected chi connectivity index (χ1v) is 8.41. The lowest BCUT2D eigenvalue weighted by Gasteiger charge is -2.37. The molecule has 1 saturated carbocycles. The molecule has 1 N–H and O–H groups in total. The topological polar surface area (TPSA) is 29.9 Å². The second-order valence-electron chi connectivity index (χ2n) is 6.24. The molecule has 2 unspecified atom stereocenters. The average Bonchev–Trinajstić information content (AvgIpc) is 2.70. The van der Waals surface area contributed by atoms with E-state index in [2.05, 4.69) is 42.8 Å². The van der Waals surface area contributed by atoms with Crippen molar-refractivity contribution in [2.45, 2.75) is 66.0 Å². The van der Waals surface area contributed by atoms with Crippen molar-refractivity contribution in [1.29, 1.82) is 0 Å². The fourth-order valence-corrected chi connectivity index (χ4v) is 3.37. The minimum absolute atomic E-state index is 0.577. The van der Waals surface area contributed by atoms with E-state index in [0.717, 1.165) is 48.5 Å². The van der Waals surface area contributed by atoms with Gasteiger partial charge in [0.25, 0.3) is 0 Å². The molecular weight excluding hydrogens is 270 g/mol. The first-order chi connectivity index (χ1) is 9.56. The normalized spacial score (nSPS) is 22.3. The summed E-state index contributed by atoms with van der Waals surface area (Å²) in [5, 5.41) is 9.11. The van der Waals surface area contributed by atoms with E-state index in [0.29, 0.717) is 6.04 Å². The quantitative estimate of drug-likeness (QED) is 0.832. The number of hydrogen-bond acceptors (Lipinski definition) is 2. The number of hydrogen-bond donors (Lipinski definition) is 1. The molecule has 2 rings (SSSR count). The molecule has 1 fully saturated rings. The maximum atomic E-state index is 6.51. The lowest BCUT2D eigenvalue weighted by atomic mass is 9.71. The van der Waals surface area contributed by atoms with Gasteiger partial charge in [-0.3, -0.25) is 4.68 Å². The third kappa shape index (κ3) is 3.37. The summed E-state index contributed by atoms with van der Waals surface area (Å²) in [6.45, 7) is 10.7. The Morgan fingerprint density at radius 2 is 2.00 bits per heavy atom. The maximum absolute atomic E-state index is 6.51. The van der Waals surface area contributed by atoms with E-state index in [1.807, 2.05) is 0 Å². The molecule has 1 aliphatic carbocycles. The number of nitrogens with zero attached hydrogens (tertiary/aromatic N) is 2. The van der Waals surface area contributed by atoms with Crippen molar-refractivity contribution < 1.29 is 0 Å². The fraction of sp³-hybridized carbons (Fsp3) is 0.812. The monoisotopic (exact) mass is 297 g/mol. The highest BCUT2D eigenvalue weighted by atomic mass is 35.5. The van der Waals surface area contributed by atoms with E-state index in [4.69, 9.17) is 11.6 Å². The summed E-state index contributed by atoms with van der Waals surface area (Å²) in [6.07, 6.45) is 4.69. The number of aryl methyl sites for hydroxylation is 2. The smallest absolute Gasteiger partial charge is 0.0849 e. The minimum Gasteiger partial charge on any atom is -0.314 e. The van der Waals surface area contributed by atoms with Crippen molar-refractivity contribution in [3.05, 3.63) is 16.4 Å². The first kappa shape index (κ1) is 15.8. The van der Waals surface area contributed by atoms with Crippen molar-refractivity contribution in [2.24, 2.45) is 11.8 Å². The SMILES string of the molecule is CCc1nn(CC)c(CC2CCC2CNC(C)C)c1Cl. The second kappa shape index (κ2) is 6.95. The van der Waals surface area contributed by atoms with Gasteiger partial charge in [-0.25, -0.2) is 0 Å². The van der Waals surface area contributed by atoms with Gasteiger partial charge in [-0.2, -0.15) is 5.10 Å². The summed E-state index contributed by atoms with van der Waals surface area (Å²) in [7, 11) is 0. The Morgan fingerprint density at radius 1 is 1.30 bits per heavy atom. The van der Waals surface area contributed by atoms with Crippen LogP contribution in [-0.2, 0) is 19.4 Å². The summed E-state index contributed by atoms with van der Waals surface area (Å²) in [5.41, 5.74) is 2.31. The standard InChI is InChI=1S/C16H28ClN3/c1-5-14-16(17)15(20(6-2)19-14)9-12-7-8-13(12)10-18-11(3)4/h11-13,18H,5-10H2,1-4H3. The summed E-state index contributed by atoms with van der Waals surface area (Å²) in [4.78, 5) is 0. The van der Waals surface area contributed by atoms with Gasteiger partial charge in [0.05, 0.1) is 16.4 Å². The molecule has 3 nitrogen and oxygen atoms in total. The van der Waals surface area contributed by atoms with E-state index >= 15 is 0 Å². The maximum Gasteiger partial charge on any atom is 0.0849 e. The fourth-order valence-electron chi connectivity index (χ4n) is 3.02. The number of nitrogens with one attached hydrogen (secondary N) is 1. The molecule has 114 valence electrons. The molecule has 0 aromatic carbocycles. The molecule has 1 aromatic rings. The van der Waals surface area contributed by atoms with E-state index in [9.17, 15) is 0 Å². The van der Waals surface area contributed by atoms with Gasteiger partial charge in [0.1, 0.15) is 0 Å². The van der Waals surface area contributed by atoms with E-state index < -0.39 is 0 Å². The van der Waals surface area contributed by atoms with Gasteiger partial charge in [0, 0.05) is 12.6 Å². The highest BCUT2D eigenvalue weighted by molar-refractivity contribution is 6.31. The van der Waals surface area contributed by atoms with Crippen LogP contribution < -0.4 is 5.32 Å². The van der Waals surface area contributed by atoms with E-state index in [-0.39, 0.29) is 0 Å². The molecule has 1 heterocycles. The highest BCUT2D eigenvalue weighted by Crippen LogP contribution is 2.38. The molecule has 0 spiro atoms. The average molecular weight is 298 g/mol. The third-order valence-electron chi connectivity index (χ3n) is 4.51. The van der Waals surface area contributed by atoms with Gasteiger partial charge in [-0.05, 0) is 51.0 Å². The van der Waals surface area contributed by atoms with Crippen LogP contribution in [0.3, 0.4) is 0 Å². The van der Waals surface area contributed by atoms with Crippen LogP contribution in [0.4, 0.5) is 0 Å². The van der Waals surface area contributed by atoms with E-state index in [1.165, 1.54) is 18.5 Å². The Hall–Kier alpha value is -0.540. The second-order valence-corrected chi connectivity index (χ2v) is 6.62. The van der Waals surface area contributed by atoms with Gasteiger partial charge in [-0.1, -0.05) is 32.4 Å². The van der Waals surface area contributed by atoms with Crippen LogP contribution in [0.1, 0.15) is 51.9 Å². The molecule has 4 heteroatoms. The number of aromatic nitrogens is 2. The molecule has 0 amide bonds. The first-order valence-electron chi connectivity index (χ1n) is 8.04. The third-order valence-corrected chi connectivity index (χ3v) is 4.95. The molecule has 1 aliphatic rings. The van der Waals surface area contributed by atoms with Gasteiger partial charge >= 0.3 is 0 Å². The molecule has 0 radical (unpaired) electrons. The summed E-state index contributed by atoms with van der Waals surface area (Å²) >= 11 is 6.51. The molecule has 1 aromatic heterocycles. The highest BCUT2D eigenvalue weighted by Gasteiger charge is 2.32. The lowest BCUT2D eigenvalue weighted by Crippen LogP contribution is -2.39. The van der Waals surface area contributed by atoms with Gasteiger partial charge in [0.15, 0.2) is 0 Å². The van der Waals surface area contributed by atoms with Crippen LogP contribution in [-0.4, -0.2) is 22.4 Å². The molecule has 0 aliphatic heterocycles. The minimum atomic E-state index is 0.577. The van der Waals surface area contributed by atoms with Crippen LogP contribution in [0, 0.1) is 11.8 Å². The zero-order chi connectivity index (χ0) is 14.7. The van der Waals surface area contributed by atoms with Gasteiger partial charge < -0.3 is 5.32 Å². The van der Waals surface area contributed by atoms with Crippen molar-refractivity contribution >= 4 is 11.6 Å². The molecule has 20 heavy (non-hydrogen) atoms. The molecule has 2 atom stereocenters. The van der Waals surface area contributed by atoms with Gasteiger partial charge in [0.2, 0.25) is 0 Å². The summed E-state index contributed by atoms with van der Waals surface area (Å²) < 4.78 is 2.10. The predicted octanol–water partition coefficient (Wildman–Crippen LogP) is 3.69. The molecular formula is C16H28ClN3. The van der Waals surface area contributed by atoms with Crippen LogP contribution >= 0.6 is 11.6 Å². The molecule has 0 saturated heterocycles. The van der Waals surface area contributed by atoms with Crippen molar-refractivity contribution in [3.63, 3.8) is 0 Å². The Labute approximate surface area is 128 Å². The Balaban J connectivity index is 2.01. The van der Waals surface area contributed by atoms with Crippen molar-refractivity contribution in [2.75, 3.05) is 6.54 Å². The van der Waals surface area contributed by atoms with Crippen LogP contribution in [0.2, 0.25) is 5.02 Å². The van der Waals surface area contributed by atoms with Crippen molar-refractivity contribution in [1.82, 2.24) is 15.1 Å². The van der Waals surface area contributed by atoms with Crippen molar-refractivity contribution in [3.8, 4) is 0 Å². The summed E-state index contributed by atoms with van der Waals surface area (Å²) in [5.74, 6) is 1.57. The van der Waals surface area contributed by atoms with E-state index in [1.54, 1.807) is 0 Å². The lowest BCUT2D eigenvalue weighted by molar-refractivity contribution is 0.165. The number of rotatable bonds is 7. The zero-order valence-corrected chi connectivity index (χ0v) is 14.0. The number of halogens is 1. The predicted molar refractivity (Wildman–Crippen MR) is 85.3 cm³/mol. The Bertz CT molecular complexity index is 439. The largest absolute Gasteiger partial charge is 0.314 e. The Morgan fingerprint density at radius 3 is 2.50 bits per heavy atom. The zero-order valence-electron chi connectivity index (χ0n) is 13.2. The van der Waals surface area contributed by atoms with Crippen LogP contribution in [0.5, 0.6) is 0 Å². The summed E-state index contributed by atoms with van der Waals surface area (Å²) in [6, 6.07) is 0.577.